The average molecular weight is 410 g/mol. The maximum atomic E-state index is 12.1. The van der Waals surface area contributed by atoms with Crippen molar-refractivity contribution >= 4 is 32.1 Å². The number of hydrogen-bond donors (Lipinski definition) is 0. The fourth-order valence-corrected chi connectivity index (χ4v) is 2.74. The van der Waals surface area contributed by atoms with E-state index in [9.17, 15) is 35.5 Å². The average Bonchev–Trinajstić information content (AvgIpc) is 2.46. The summed E-state index contributed by atoms with van der Waals surface area (Å²) in [6.45, 7) is 8.49. The molecule has 0 aromatic rings. The summed E-state index contributed by atoms with van der Waals surface area (Å²) in [5.41, 5.74) is 0.182. The predicted molar refractivity (Wildman–Crippen MR) is 91.9 cm³/mol. The lowest BCUT2D eigenvalue weighted by molar-refractivity contribution is -0.130. The monoisotopic (exact) mass is 410 g/mol. The third-order valence-corrected chi connectivity index (χ3v) is 4.53. The minimum absolute atomic E-state index is 0.0909. The Morgan fingerprint density at radius 2 is 1.00 bits per heavy atom. The molecule has 0 atom stereocenters. The van der Waals surface area contributed by atoms with Gasteiger partial charge >= 0.3 is 0 Å². The van der Waals surface area contributed by atoms with Crippen molar-refractivity contribution in [3.63, 3.8) is 0 Å². The van der Waals surface area contributed by atoms with Crippen molar-refractivity contribution in [1.82, 2.24) is 9.80 Å². The molecule has 0 aliphatic rings. The number of rotatable bonds is 11. The van der Waals surface area contributed by atoms with E-state index in [4.69, 9.17) is 0 Å². The normalized spacial score (nSPS) is 11.7. The third kappa shape index (κ3) is 10.3. The molecule has 0 saturated carbocycles. The molecule has 0 rings (SSSR count). The van der Waals surface area contributed by atoms with Crippen LogP contribution in [0.4, 0.5) is 0 Å². The summed E-state index contributed by atoms with van der Waals surface area (Å²) in [7, 11) is -9.13. The number of carbonyl (C=O) groups is 2. The van der Waals surface area contributed by atoms with Crippen molar-refractivity contribution in [3.8, 4) is 0 Å². The molecule has 0 radical (unpaired) electrons. The number of hydrogen-bond acceptors (Lipinski definition) is 8. The van der Waals surface area contributed by atoms with Gasteiger partial charge in [0.05, 0.1) is 31.7 Å². The van der Waals surface area contributed by atoms with Gasteiger partial charge in [-0.2, -0.15) is 0 Å². The molecule has 2 amide bonds. The molecular weight excluding hydrogens is 388 g/mol. The van der Waals surface area contributed by atoms with E-state index in [2.05, 4.69) is 13.2 Å². The van der Waals surface area contributed by atoms with E-state index in [1.54, 1.807) is 0 Å². The molecule has 12 heteroatoms. The maximum absolute atomic E-state index is 12.1. The summed E-state index contributed by atoms with van der Waals surface area (Å²) >= 11 is 0. The fraction of sp³-hybridized carbons (Fsp3) is 0.571. The van der Waals surface area contributed by atoms with Crippen molar-refractivity contribution in [1.29, 1.82) is 0 Å². The summed E-state index contributed by atoms with van der Waals surface area (Å²) in [6.07, 6.45) is 0. The lowest BCUT2D eigenvalue weighted by Crippen LogP contribution is -2.44. The SMILES string of the molecule is C=C(C)C(=O)N(CCN(CCS(=O)(=O)[O-])C(=O)C(=C)C)CCS(=O)(=O)[O-]. The van der Waals surface area contributed by atoms with Crippen LogP contribution in [0.3, 0.4) is 0 Å². The van der Waals surface area contributed by atoms with E-state index in [0.717, 1.165) is 9.80 Å². The van der Waals surface area contributed by atoms with E-state index >= 15 is 0 Å². The highest BCUT2D eigenvalue weighted by atomic mass is 32.2. The van der Waals surface area contributed by atoms with Gasteiger partial charge in [-0.15, -0.1) is 0 Å². The molecule has 0 aliphatic carbocycles. The summed E-state index contributed by atoms with van der Waals surface area (Å²) in [4.78, 5) is 26.1. The van der Waals surface area contributed by atoms with Crippen LogP contribution in [0, 0.1) is 0 Å². The zero-order chi connectivity index (χ0) is 20.7. The van der Waals surface area contributed by atoms with Gasteiger partial charge in [-0.05, 0) is 13.8 Å². The van der Waals surface area contributed by atoms with Crippen molar-refractivity contribution in [3.05, 3.63) is 24.3 Å². The van der Waals surface area contributed by atoms with Crippen molar-refractivity contribution in [2.24, 2.45) is 0 Å². The van der Waals surface area contributed by atoms with Gasteiger partial charge in [0.2, 0.25) is 11.8 Å². The number of amides is 2. The van der Waals surface area contributed by atoms with Gasteiger partial charge in [-0.3, -0.25) is 9.59 Å². The predicted octanol–water partition coefficient (Wildman–Crippen LogP) is -1.11. The highest BCUT2D eigenvalue weighted by Crippen LogP contribution is 2.04. The van der Waals surface area contributed by atoms with Crippen LogP contribution < -0.4 is 0 Å². The highest BCUT2D eigenvalue weighted by molar-refractivity contribution is 7.85. The van der Waals surface area contributed by atoms with Gasteiger partial charge in [0.15, 0.2) is 0 Å². The topological polar surface area (TPSA) is 155 Å². The third-order valence-electron chi connectivity index (χ3n) is 3.17. The van der Waals surface area contributed by atoms with Crippen LogP contribution in [-0.4, -0.2) is 85.2 Å². The Labute approximate surface area is 153 Å². The largest absolute Gasteiger partial charge is 0.748 e. The minimum atomic E-state index is -4.57. The molecule has 0 fully saturated rings. The van der Waals surface area contributed by atoms with Crippen LogP contribution in [0.1, 0.15) is 13.8 Å². The number of carbonyl (C=O) groups excluding carboxylic acids is 2. The summed E-state index contributed by atoms with van der Waals surface area (Å²) < 4.78 is 64.7. The smallest absolute Gasteiger partial charge is 0.248 e. The standard InChI is InChI=1S/C14H24N2O8S2/c1-11(2)13(17)15(7-9-25(19,20)21)5-6-16(14(18)12(3)4)8-10-26(22,23)24/h1,3,5-10H2,2,4H3,(H,19,20,21)(H,22,23,24)/p-2. The fourth-order valence-electron chi connectivity index (χ4n) is 1.86. The van der Waals surface area contributed by atoms with Crippen LogP contribution in [-0.2, 0) is 29.8 Å². The summed E-state index contributed by atoms with van der Waals surface area (Å²) in [5.74, 6) is -2.88. The Hall–Kier alpha value is -1.76. The first-order chi connectivity index (χ1) is 11.6. The van der Waals surface area contributed by atoms with Crippen molar-refractivity contribution in [2.45, 2.75) is 13.8 Å². The van der Waals surface area contributed by atoms with Crippen molar-refractivity contribution in [2.75, 3.05) is 37.7 Å². The van der Waals surface area contributed by atoms with Gasteiger partial charge < -0.3 is 18.9 Å². The van der Waals surface area contributed by atoms with E-state index in [1.165, 1.54) is 13.8 Å². The second-order valence-electron chi connectivity index (χ2n) is 5.67. The van der Waals surface area contributed by atoms with Crippen molar-refractivity contribution < 1.29 is 35.5 Å². The first kappa shape index (κ1) is 24.2. The van der Waals surface area contributed by atoms with Gasteiger partial charge in [0, 0.05) is 37.3 Å². The van der Waals surface area contributed by atoms with Gasteiger partial charge in [-0.1, -0.05) is 13.2 Å². The first-order valence-corrected chi connectivity index (χ1v) is 10.6. The minimum Gasteiger partial charge on any atom is -0.748 e. The van der Waals surface area contributed by atoms with Gasteiger partial charge in [0.25, 0.3) is 0 Å². The molecule has 0 unspecified atom stereocenters. The summed E-state index contributed by atoms with van der Waals surface area (Å²) in [5, 5.41) is 0. The molecule has 150 valence electrons. The Bertz CT molecular complexity index is 705. The molecule has 0 N–H and O–H groups in total. The lowest BCUT2D eigenvalue weighted by Gasteiger charge is -2.29. The first-order valence-electron chi connectivity index (χ1n) is 7.40. The Kier molecular flexibility index (Phi) is 9.14. The quantitative estimate of drug-likeness (QED) is 0.306. The van der Waals surface area contributed by atoms with Gasteiger partial charge in [0.1, 0.15) is 0 Å². The van der Waals surface area contributed by atoms with Gasteiger partial charge in [-0.25, -0.2) is 16.8 Å². The van der Waals surface area contributed by atoms with Crippen LogP contribution in [0.25, 0.3) is 0 Å². The Morgan fingerprint density at radius 3 is 1.19 bits per heavy atom. The van der Waals surface area contributed by atoms with Crippen LogP contribution in [0.5, 0.6) is 0 Å². The van der Waals surface area contributed by atoms with Crippen LogP contribution in [0.2, 0.25) is 0 Å². The molecular formula is C14H22N2O8S2-2. The highest BCUT2D eigenvalue weighted by Gasteiger charge is 2.20. The van der Waals surface area contributed by atoms with Crippen LogP contribution >= 0.6 is 0 Å². The second-order valence-corrected chi connectivity index (χ2v) is 8.72. The zero-order valence-corrected chi connectivity index (χ0v) is 16.3. The molecule has 0 spiro atoms. The van der Waals surface area contributed by atoms with E-state index < -0.39 is 56.6 Å². The van der Waals surface area contributed by atoms with E-state index in [0.29, 0.717) is 0 Å². The van der Waals surface area contributed by atoms with Crippen LogP contribution in [0.15, 0.2) is 24.3 Å². The zero-order valence-electron chi connectivity index (χ0n) is 14.6. The summed E-state index contributed by atoms with van der Waals surface area (Å²) in [6, 6.07) is 0. The molecule has 0 bridgehead atoms. The molecule has 10 nitrogen and oxygen atoms in total. The molecule has 0 aliphatic heterocycles. The maximum Gasteiger partial charge on any atom is 0.248 e. The molecule has 0 heterocycles. The molecule has 0 saturated heterocycles. The van der Waals surface area contributed by atoms with E-state index in [1.807, 2.05) is 0 Å². The second kappa shape index (κ2) is 9.80. The molecule has 0 aromatic heterocycles. The van der Waals surface area contributed by atoms with E-state index in [-0.39, 0.29) is 24.2 Å². The molecule has 0 aromatic carbocycles. The number of nitrogens with zero attached hydrogens (tertiary/aromatic N) is 2. The Morgan fingerprint density at radius 1 is 0.731 bits per heavy atom. The molecule has 26 heavy (non-hydrogen) atoms. The Balaban J connectivity index is 5.22. The lowest BCUT2D eigenvalue weighted by atomic mass is 10.2.